The number of aryl methyl sites for hydroxylation is 1. The standard InChI is InChI=1S/C17H15BrN2O3/c1-9-4-11(17(21)12(18)5-9)14-7-13(19-20-14)10-2-3-15-16(6-10)23-8-22-15/h2-6,13-14,21H,7-8H2,1H3. The first kappa shape index (κ1) is 14.5. The molecular formula is C17H15BrN2O3. The molecule has 2 aromatic carbocycles. The lowest BCUT2D eigenvalue weighted by molar-refractivity contribution is 0.174. The molecule has 4 rings (SSSR count). The van der Waals surface area contributed by atoms with Gasteiger partial charge in [0.05, 0.1) is 10.5 Å². The van der Waals surface area contributed by atoms with Crippen molar-refractivity contribution in [2.24, 2.45) is 10.2 Å². The Labute approximate surface area is 142 Å². The zero-order chi connectivity index (χ0) is 16.0. The van der Waals surface area contributed by atoms with Gasteiger partial charge in [-0.05, 0) is 52.2 Å². The highest BCUT2D eigenvalue weighted by Gasteiger charge is 2.28. The van der Waals surface area contributed by atoms with Gasteiger partial charge in [-0.25, -0.2) is 0 Å². The summed E-state index contributed by atoms with van der Waals surface area (Å²) in [5, 5.41) is 19.0. The lowest BCUT2D eigenvalue weighted by Crippen LogP contribution is -1.98. The van der Waals surface area contributed by atoms with Crippen LogP contribution in [0.15, 0.2) is 45.0 Å². The first-order valence-electron chi connectivity index (χ1n) is 7.40. The van der Waals surface area contributed by atoms with Crippen molar-refractivity contribution >= 4 is 15.9 Å². The van der Waals surface area contributed by atoms with Gasteiger partial charge in [-0.3, -0.25) is 0 Å². The van der Waals surface area contributed by atoms with Crippen LogP contribution in [0, 0.1) is 6.92 Å². The topological polar surface area (TPSA) is 63.4 Å². The van der Waals surface area contributed by atoms with E-state index in [0.717, 1.165) is 34.6 Å². The Kier molecular flexibility index (Phi) is 3.49. The maximum atomic E-state index is 10.3. The van der Waals surface area contributed by atoms with Crippen LogP contribution in [-0.2, 0) is 0 Å². The minimum absolute atomic E-state index is 0.0341. The third kappa shape index (κ3) is 2.57. The second-order valence-electron chi connectivity index (χ2n) is 5.80. The van der Waals surface area contributed by atoms with Crippen molar-refractivity contribution < 1.29 is 14.6 Å². The van der Waals surface area contributed by atoms with Crippen molar-refractivity contribution in [1.29, 1.82) is 0 Å². The Balaban J connectivity index is 1.60. The molecule has 1 N–H and O–H groups in total. The summed E-state index contributed by atoms with van der Waals surface area (Å²) in [7, 11) is 0. The van der Waals surface area contributed by atoms with Crippen molar-refractivity contribution in [2.75, 3.05) is 6.79 Å². The maximum Gasteiger partial charge on any atom is 0.231 e. The number of ether oxygens (including phenoxy) is 2. The molecule has 0 bridgehead atoms. The van der Waals surface area contributed by atoms with E-state index in [1.54, 1.807) is 0 Å². The molecule has 0 spiro atoms. The van der Waals surface area contributed by atoms with E-state index >= 15 is 0 Å². The predicted molar refractivity (Wildman–Crippen MR) is 88.1 cm³/mol. The third-order valence-electron chi connectivity index (χ3n) is 4.17. The number of hydrogen-bond donors (Lipinski definition) is 1. The van der Waals surface area contributed by atoms with Gasteiger partial charge in [-0.15, -0.1) is 0 Å². The van der Waals surface area contributed by atoms with Gasteiger partial charge in [0.15, 0.2) is 11.5 Å². The molecule has 0 saturated carbocycles. The van der Waals surface area contributed by atoms with Crippen molar-refractivity contribution in [1.82, 2.24) is 0 Å². The number of phenolic OH excluding ortho intramolecular Hbond substituents is 1. The molecule has 0 aromatic heterocycles. The van der Waals surface area contributed by atoms with Crippen LogP contribution >= 0.6 is 15.9 Å². The SMILES string of the molecule is Cc1cc(Br)c(O)c(C2CC(c3ccc4c(c3)OCO4)N=N2)c1. The highest BCUT2D eigenvalue weighted by molar-refractivity contribution is 9.10. The minimum atomic E-state index is -0.137. The summed E-state index contributed by atoms with van der Waals surface area (Å²) in [6.45, 7) is 2.26. The molecule has 2 aromatic rings. The number of aromatic hydroxyl groups is 1. The number of halogens is 1. The van der Waals surface area contributed by atoms with Crippen LogP contribution in [0.3, 0.4) is 0 Å². The molecule has 5 nitrogen and oxygen atoms in total. The molecule has 6 heteroatoms. The van der Waals surface area contributed by atoms with E-state index in [0.29, 0.717) is 4.47 Å². The number of fused-ring (bicyclic) bond motifs is 1. The lowest BCUT2D eigenvalue weighted by atomic mass is 9.95. The van der Waals surface area contributed by atoms with Crippen LogP contribution in [-0.4, -0.2) is 11.9 Å². The lowest BCUT2D eigenvalue weighted by Gasteiger charge is -2.13. The van der Waals surface area contributed by atoms with Crippen molar-refractivity contribution in [3.05, 3.63) is 51.5 Å². The van der Waals surface area contributed by atoms with Gasteiger partial charge in [0, 0.05) is 12.0 Å². The van der Waals surface area contributed by atoms with Crippen molar-refractivity contribution in [3.63, 3.8) is 0 Å². The number of benzene rings is 2. The zero-order valence-electron chi connectivity index (χ0n) is 12.5. The predicted octanol–water partition coefficient (Wildman–Crippen LogP) is 4.83. The molecule has 0 radical (unpaired) electrons. The summed E-state index contributed by atoms with van der Waals surface area (Å²) >= 11 is 3.39. The quantitative estimate of drug-likeness (QED) is 0.818. The van der Waals surface area contributed by atoms with E-state index in [-0.39, 0.29) is 24.6 Å². The van der Waals surface area contributed by atoms with E-state index in [2.05, 4.69) is 26.2 Å². The van der Waals surface area contributed by atoms with Crippen LogP contribution in [0.5, 0.6) is 17.2 Å². The van der Waals surface area contributed by atoms with E-state index in [9.17, 15) is 5.11 Å². The zero-order valence-corrected chi connectivity index (χ0v) is 14.1. The number of azo groups is 1. The first-order valence-corrected chi connectivity index (χ1v) is 8.19. The molecular weight excluding hydrogens is 360 g/mol. The fourth-order valence-electron chi connectivity index (χ4n) is 2.99. The average Bonchev–Trinajstić information content (AvgIpc) is 3.18. The first-order chi connectivity index (χ1) is 11.1. The molecule has 23 heavy (non-hydrogen) atoms. The largest absolute Gasteiger partial charge is 0.506 e. The molecule has 2 aliphatic rings. The Hall–Kier alpha value is -2.08. The van der Waals surface area contributed by atoms with Crippen molar-refractivity contribution in [3.8, 4) is 17.2 Å². The van der Waals surface area contributed by atoms with Gasteiger partial charge in [-0.1, -0.05) is 12.1 Å². The van der Waals surface area contributed by atoms with Gasteiger partial charge in [-0.2, -0.15) is 10.2 Å². The number of nitrogens with zero attached hydrogens (tertiary/aromatic N) is 2. The monoisotopic (exact) mass is 374 g/mol. The molecule has 2 atom stereocenters. The fourth-order valence-corrected chi connectivity index (χ4v) is 3.58. The summed E-state index contributed by atoms with van der Waals surface area (Å²) in [6, 6.07) is 9.54. The van der Waals surface area contributed by atoms with Gasteiger partial charge in [0.1, 0.15) is 11.8 Å². The van der Waals surface area contributed by atoms with Crippen LogP contribution in [0.25, 0.3) is 0 Å². The Morgan fingerprint density at radius 3 is 2.74 bits per heavy atom. The van der Waals surface area contributed by atoms with E-state index in [4.69, 9.17) is 9.47 Å². The van der Waals surface area contributed by atoms with Crippen LogP contribution in [0.1, 0.15) is 35.2 Å². The van der Waals surface area contributed by atoms with Gasteiger partial charge in [0.2, 0.25) is 6.79 Å². The maximum absolute atomic E-state index is 10.3. The summed E-state index contributed by atoms with van der Waals surface area (Å²) < 4.78 is 11.4. The summed E-state index contributed by atoms with van der Waals surface area (Å²) in [5.74, 6) is 1.76. The molecule has 2 unspecified atom stereocenters. The second kappa shape index (κ2) is 5.53. The molecule has 0 amide bonds. The summed E-state index contributed by atoms with van der Waals surface area (Å²) in [4.78, 5) is 0. The number of hydrogen-bond acceptors (Lipinski definition) is 5. The minimum Gasteiger partial charge on any atom is -0.506 e. The van der Waals surface area contributed by atoms with Crippen LogP contribution in [0.4, 0.5) is 0 Å². The Morgan fingerprint density at radius 2 is 1.87 bits per heavy atom. The van der Waals surface area contributed by atoms with Gasteiger partial charge < -0.3 is 14.6 Å². The fraction of sp³-hybridized carbons (Fsp3) is 0.294. The molecule has 0 aliphatic carbocycles. The number of phenols is 1. The van der Waals surface area contributed by atoms with Gasteiger partial charge >= 0.3 is 0 Å². The second-order valence-corrected chi connectivity index (χ2v) is 6.65. The summed E-state index contributed by atoms with van der Waals surface area (Å²) in [6.07, 6.45) is 0.725. The molecule has 0 fully saturated rings. The Bertz CT molecular complexity index is 807. The van der Waals surface area contributed by atoms with E-state index in [1.165, 1.54) is 0 Å². The average molecular weight is 375 g/mol. The number of rotatable bonds is 2. The highest BCUT2D eigenvalue weighted by atomic mass is 79.9. The smallest absolute Gasteiger partial charge is 0.231 e. The van der Waals surface area contributed by atoms with Crippen molar-refractivity contribution in [2.45, 2.75) is 25.4 Å². The normalized spacial score (nSPS) is 21.8. The van der Waals surface area contributed by atoms with Gasteiger partial charge in [0.25, 0.3) is 0 Å². The van der Waals surface area contributed by atoms with Crippen LogP contribution in [0.2, 0.25) is 0 Å². The Morgan fingerprint density at radius 1 is 1.09 bits per heavy atom. The van der Waals surface area contributed by atoms with E-state index < -0.39 is 0 Å². The summed E-state index contributed by atoms with van der Waals surface area (Å²) in [5.41, 5.74) is 2.93. The highest BCUT2D eigenvalue weighted by Crippen LogP contribution is 2.45. The molecule has 0 saturated heterocycles. The molecule has 2 aliphatic heterocycles. The van der Waals surface area contributed by atoms with E-state index in [1.807, 2.05) is 37.3 Å². The molecule has 118 valence electrons. The van der Waals surface area contributed by atoms with Crippen LogP contribution < -0.4 is 9.47 Å². The molecule has 2 heterocycles. The third-order valence-corrected chi connectivity index (χ3v) is 4.77.